The fourth-order valence-corrected chi connectivity index (χ4v) is 4.98. The molecule has 0 aromatic carbocycles. The molecule has 0 bridgehead atoms. The van der Waals surface area contributed by atoms with Crippen LogP contribution in [0.2, 0.25) is 6.55 Å². The number of rotatable bonds is 13. The Bertz CT molecular complexity index is 211. The Morgan fingerprint density at radius 3 is 1.40 bits per heavy atom. The Hall–Kier alpha value is 0.0969. The van der Waals surface area contributed by atoms with Crippen LogP contribution in [0.4, 0.5) is 0 Å². The van der Waals surface area contributed by atoms with Crippen molar-refractivity contribution in [1.82, 2.24) is 0 Å². The Morgan fingerprint density at radius 1 is 0.700 bits per heavy atom. The van der Waals surface area contributed by atoms with Crippen LogP contribution in [-0.2, 0) is 13.3 Å². The lowest BCUT2D eigenvalue weighted by Crippen LogP contribution is -2.45. The molecule has 0 aromatic heterocycles. The highest BCUT2D eigenvalue weighted by atomic mass is 28.4. The van der Waals surface area contributed by atoms with Crippen LogP contribution in [0.15, 0.2) is 0 Å². The second-order valence-corrected chi connectivity index (χ2v) is 8.36. The first-order valence-corrected chi connectivity index (χ1v) is 10.7. The third kappa shape index (κ3) is 7.20. The molecule has 0 radical (unpaired) electrons. The second-order valence-electron chi connectivity index (χ2n) is 5.77. The van der Waals surface area contributed by atoms with Crippen LogP contribution in [0.3, 0.4) is 0 Å². The van der Waals surface area contributed by atoms with Crippen LogP contribution < -0.4 is 0 Å². The van der Waals surface area contributed by atoms with Crippen molar-refractivity contribution in [3.63, 3.8) is 0 Å². The van der Waals surface area contributed by atoms with Crippen LogP contribution in [0, 0.1) is 5.41 Å². The molecular formula is C16H36O3Si. The molecule has 0 aromatic rings. The molecule has 0 fully saturated rings. The van der Waals surface area contributed by atoms with E-state index in [0.29, 0.717) is 18.6 Å². The van der Waals surface area contributed by atoms with Crippen molar-refractivity contribution < 1.29 is 13.3 Å². The van der Waals surface area contributed by atoms with Gasteiger partial charge < -0.3 is 13.3 Å². The van der Waals surface area contributed by atoms with Crippen molar-refractivity contribution in [2.45, 2.75) is 79.7 Å². The van der Waals surface area contributed by atoms with E-state index in [0.717, 1.165) is 6.61 Å². The van der Waals surface area contributed by atoms with Crippen LogP contribution in [0.25, 0.3) is 0 Å². The highest BCUT2D eigenvalue weighted by molar-refractivity contribution is 6.59. The smallest absolute Gasteiger partial charge is 0.374 e. The van der Waals surface area contributed by atoms with Gasteiger partial charge in [0.1, 0.15) is 0 Å². The highest BCUT2D eigenvalue weighted by Gasteiger charge is 2.38. The van der Waals surface area contributed by atoms with E-state index in [1.807, 2.05) is 20.4 Å². The van der Waals surface area contributed by atoms with Crippen molar-refractivity contribution in [2.75, 3.05) is 19.8 Å². The summed E-state index contributed by atoms with van der Waals surface area (Å²) in [6.45, 7) is 14.9. The van der Waals surface area contributed by atoms with E-state index in [1.54, 1.807) is 0 Å². The largest absolute Gasteiger partial charge is 0.497 e. The Morgan fingerprint density at radius 2 is 1.10 bits per heavy atom. The minimum atomic E-state index is -2.45. The molecule has 0 aliphatic carbocycles. The fraction of sp³-hybridized carbons (Fsp3) is 1.00. The lowest BCUT2D eigenvalue weighted by Gasteiger charge is -2.36. The van der Waals surface area contributed by atoms with E-state index in [-0.39, 0.29) is 0 Å². The predicted octanol–water partition coefficient (Wildman–Crippen LogP) is 5.03. The summed E-state index contributed by atoms with van der Waals surface area (Å²) >= 11 is 0. The average molecular weight is 305 g/mol. The predicted molar refractivity (Wildman–Crippen MR) is 88.0 cm³/mol. The molecule has 0 spiro atoms. The zero-order valence-corrected chi connectivity index (χ0v) is 15.6. The van der Waals surface area contributed by atoms with Crippen LogP contribution in [-0.4, -0.2) is 28.6 Å². The number of hydrogen-bond donors (Lipinski definition) is 0. The second kappa shape index (κ2) is 10.8. The minimum Gasteiger partial charge on any atom is -0.374 e. The molecule has 0 N–H and O–H groups in total. The van der Waals surface area contributed by atoms with E-state index in [9.17, 15) is 0 Å². The van der Waals surface area contributed by atoms with Gasteiger partial charge in [0.05, 0.1) is 0 Å². The molecule has 0 saturated heterocycles. The highest BCUT2D eigenvalue weighted by Crippen LogP contribution is 2.36. The van der Waals surface area contributed by atoms with E-state index >= 15 is 0 Å². The first-order chi connectivity index (χ1) is 9.51. The average Bonchev–Trinajstić information content (AvgIpc) is 2.38. The molecule has 0 saturated carbocycles. The standard InChI is InChI=1S/C16H36O3Si/c1-7-12-16(13-8-2,14-9-3)15-19-20(6,17-10-4)18-11-5/h7-15H2,1-6H3. The fourth-order valence-electron chi connectivity index (χ4n) is 3.12. The van der Waals surface area contributed by atoms with Gasteiger partial charge >= 0.3 is 8.80 Å². The zero-order valence-electron chi connectivity index (χ0n) is 14.6. The van der Waals surface area contributed by atoms with E-state index < -0.39 is 8.80 Å². The topological polar surface area (TPSA) is 27.7 Å². The maximum Gasteiger partial charge on any atom is 0.497 e. The molecule has 0 atom stereocenters. The van der Waals surface area contributed by atoms with Gasteiger partial charge in [-0.3, -0.25) is 0 Å². The maximum absolute atomic E-state index is 6.23. The molecule has 0 heterocycles. The first-order valence-electron chi connectivity index (χ1n) is 8.43. The van der Waals surface area contributed by atoms with E-state index in [1.165, 1.54) is 38.5 Å². The summed E-state index contributed by atoms with van der Waals surface area (Å²) in [5.41, 5.74) is 0.306. The lowest BCUT2D eigenvalue weighted by atomic mass is 9.76. The molecule has 4 heteroatoms. The van der Waals surface area contributed by atoms with Gasteiger partial charge in [0.15, 0.2) is 0 Å². The third-order valence-corrected chi connectivity index (χ3v) is 6.09. The van der Waals surface area contributed by atoms with Gasteiger partial charge in [0.2, 0.25) is 0 Å². The van der Waals surface area contributed by atoms with Gasteiger partial charge in [-0.15, -0.1) is 0 Å². The normalized spacial score (nSPS) is 12.9. The zero-order chi connectivity index (χ0) is 15.5. The molecule has 3 nitrogen and oxygen atoms in total. The third-order valence-electron chi connectivity index (χ3n) is 3.79. The minimum absolute atomic E-state index is 0.306. The molecule has 0 rings (SSSR count). The van der Waals surface area contributed by atoms with Crippen molar-refractivity contribution in [2.24, 2.45) is 5.41 Å². The van der Waals surface area contributed by atoms with Crippen molar-refractivity contribution in [1.29, 1.82) is 0 Å². The molecule has 0 aliphatic rings. The number of hydrogen-bond acceptors (Lipinski definition) is 3. The molecular weight excluding hydrogens is 268 g/mol. The van der Waals surface area contributed by atoms with Crippen molar-refractivity contribution in [3.8, 4) is 0 Å². The van der Waals surface area contributed by atoms with Gasteiger partial charge in [-0.05, 0) is 38.5 Å². The summed E-state index contributed by atoms with van der Waals surface area (Å²) in [7, 11) is -2.45. The van der Waals surface area contributed by atoms with Gasteiger partial charge in [-0.1, -0.05) is 40.0 Å². The van der Waals surface area contributed by atoms with Crippen LogP contribution in [0.1, 0.15) is 73.1 Å². The quantitative estimate of drug-likeness (QED) is 0.447. The van der Waals surface area contributed by atoms with Crippen molar-refractivity contribution in [3.05, 3.63) is 0 Å². The summed E-state index contributed by atoms with van der Waals surface area (Å²) in [5, 5.41) is 0. The Labute approximate surface area is 127 Å². The Kier molecular flexibility index (Phi) is 10.8. The molecule has 0 aliphatic heterocycles. The van der Waals surface area contributed by atoms with Gasteiger partial charge in [-0.25, -0.2) is 0 Å². The van der Waals surface area contributed by atoms with Crippen molar-refractivity contribution >= 4 is 8.80 Å². The van der Waals surface area contributed by atoms with Crippen LogP contribution >= 0.6 is 0 Å². The summed E-state index contributed by atoms with van der Waals surface area (Å²) in [5.74, 6) is 0. The van der Waals surface area contributed by atoms with Gasteiger partial charge in [0.25, 0.3) is 0 Å². The summed E-state index contributed by atoms with van der Waals surface area (Å²) in [6, 6.07) is 0. The lowest BCUT2D eigenvalue weighted by molar-refractivity contribution is 0.0222. The van der Waals surface area contributed by atoms with E-state index in [4.69, 9.17) is 13.3 Å². The molecule has 0 amide bonds. The summed E-state index contributed by atoms with van der Waals surface area (Å²) in [4.78, 5) is 0. The molecule has 0 unspecified atom stereocenters. The SMILES string of the molecule is CCCC(CCC)(CCC)CO[Si](C)(OCC)OCC. The van der Waals surface area contributed by atoms with Gasteiger partial charge in [0, 0.05) is 26.4 Å². The first kappa shape index (κ1) is 20.1. The van der Waals surface area contributed by atoms with Gasteiger partial charge in [-0.2, -0.15) is 0 Å². The monoisotopic (exact) mass is 304 g/mol. The summed E-state index contributed by atoms with van der Waals surface area (Å²) < 4.78 is 17.8. The van der Waals surface area contributed by atoms with E-state index in [2.05, 4.69) is 20.8 Å². The Balaban J connectivity index is 4.76. The maximum atomic E-state index is 6.23. The summed E-state index contributed by atoms with van der Waals surface area (Å²) in [6.07, 6.45) is 7.34. The molecule has 122 valence electrons. The van der Waals surface area contributed by atoms with Crippen LogP contribution in [0.5, 0.6) is 0 Å². The molecule has 20 heavy (non-hydrogen) atoms.